The highest BCUT2D eigenvalue weighted by Gasteiger charge is 2.15. The van der Waals surface area contributed by atoms with E-state index >= 15 is 0 Å². The molecule has 0 aliphatic heterocycles. The Morgan fingerprint density at radius 1 is 1.17 bits per heavy atom. The number of rotatable bonds is 6. The number of benzene rings is 1. The van der Waals surface area contributed by atoms with E-state index in [4.69, 9.17) is 17.0 Å². The number of nitrogens with zero attached hydrogens (tertiary/aromatic N) is 1. The third-order valence-corrected chi connectivity index (χ3v) is 3.66. The van der Waals surface area contributed by atoms with Crippen LogP contribution in [0.15, 0.2) is 48.7 Å². The minimum Gasteiger partial charge on any atom is -0.493 e. The summed E-state index contributed by atoms with van der Waals surface area (Å²) in [5.74, 6) is 1.83. The Balaban J connectivity index is 2.08. The maximum atomic E-state index is 5.45. The Morgan fingerprint density at radius 3 is 2.57 bits per heavy atom. The van der Waals surface area contributed by atoms with Gasteiger partial charge in [-0.3, -0.25) is 0 Å². The molecule has 5 heteroatoms. The molecular formula is C18H23N3OS. The number of ether oxygens (including phenoxy) is 1. The zero-order valence-corrected chi connectivity index (χ0v) is 14.6. The highest BCUT2D eigenvalue weighted by molar-refractivity contribution is 7.80. The smallest absolute Gasteiger partial charge is 0.174 e. The quantitative estimate of drug-likeness (QED) is 0.779. The van der Waals surface area contributed by atoms with Gasteiger partial charge in [0.15, 0.2) is 16.7 Å². The third-order valence-electron chi connectivity index (χ3n) is 3.44. The lowest BCUT2D eigenvalue weighted by atomic mass is 9.97. The van der Waals surface area contributed by atoms with Crippen LogP contribution in [0.25, 0.3) is 0 Å². The van der Waals surface area contributed by atoms with Crippen LogP contribution in [0, 0.1) is 5.92 Å². The summed E-state index contributed by atoms with van der Waals surface area (Å²) in [5.41, 5.74) is 1.22. The highest BCUT2D eigenvalue weighted by atomic mass is 32.1. The standard InChI is InChI=1S/C18H23N3OS/c1-13(2)12-15(14-8-5-4-6-9-14)20-18(23)21-17-16(22-3)10-7-11-19-17/h4-11,13,15H,12H2,1-3H3,(H2,19,20,21,23). The Kier molecular flexibility index (Phi) is 6.35. The van der Waals surface area contributed by atoms with Gasteiger partial charge >= 0.3 is 0 Å². The monoisotopic (exact) mass is 329 g/mol. The van der Waals surface area contributed by atoms with E-state index in [0.717, 1.165) is 6.42 Å². The number of anilines is 1. The SMILES string of the molecule is COc1cccnc1NC(=S)NC(CC(C)C)c1ccccc1. The second-order valence-electron chi connectivity index (χ2n) is 5.75. The van der Waals surface area contributed by atoms with Crippen molar-refractivity contribution in [1.82, 2.24) is 10.3 Å². The van der Waals surface area contributed by atoms with Crippen molar-refractivity contribution in [2.24, 2.45) is 5.92 Å². The molecule has 0 aliphatic carbocycles. The number of hydrogen-bond donors (Lipinski definition) is 2. The van der Waals surface area contributed by atoms with Crippen molar-refractivity contribution in [3.8, 4) is 5.75 Å². The Morgan fingerprint density at radius 2 is 1.91 bits per heavy atom. The molecule has 0 radical (unpaired) electrons. The van der Waals surface area contributed by atoms with E-state index in [-0.39, 0.29) is 6.04 Å². The van der Waals surface area contributed by atoms with E-state index in [9.17, 15) is 0 Å². The fraction of sp³-hybridized carbons (Fsp3) is 0.333. The van der Waals surface area contributed by atoms with Gasteiger partial charge in [0.1, 0.15) is 0 Å². The molecule has 2 rings (SSSR count). The minimum atomic E-state index is 0.158. The molecule has 1 heterocycles. The predicted octanol–water partition coefficient (Wildman–Crippen LogP) is 4.16. The fourth-order valence-electron chi connectivity index (χ4n) is 2.39. The molecule has 1 atom stereocenters. The molecule has 1 unspecified atom stereocenters. The zero-order chi connectivity index (χ0) is 16.7. The van der Waals surface area contributed by atoms with Gasteiger partial charge in [0.25, 0.3) is 0 Å². The van der Waals surface area contributed by atoms with E-state index in [2.05, 4.69) is 41.6 Å². The Bertz CT molecular complexity index is 631. The summed E-state index contributed by atoms with van der Waals surface area (Å²) in [6.45, 7) is 4.41. The summed E-state index contributed by atoms with van der Waals surface area (Å²) < 4.78 is 5.29. The van der Waals surface area contributed by atoms with Gasteiger partial charge in [0.05, 0.1) is 13.2 Å². The maximum Gasteiger partial charge on any atom is 0.174 e. The predicted molar refractivity (Wildman–Crippen MR) is 98.8 cm³/mol. The number of nitrogens with one attached hydrogen (secondary N) is 2. The van der Waals surface area contributed by atoms with Gasteiger partial charge in [-0.1, -0.05) is 44.2 Å². The zero-order valence-electron chi connectivity index (χ0n) is 13.7. The molecule has 1 aromatic carbocycles. The van der Waals surface area contributed by atoms with Crippen molar-refractivity contribution in [1.29, 1.82) is 0 Å². The van der Waals surface area contributed by atoms with Gasteiger partial charge in [-0.2, -0.15) is 0 Å². The number of pyridine rings is 1. The van der Waals surface area contributed by atoms with Crippen molar-refractivity contribution < 1.29 is 4.74 Å². The lowest BCUT2D eigenvalue weighted by Gasteiger charge is -2.23. The third kappa shape index (κ3) is 5.21. The molecule has 1 aromatic heterocycles. The molecule has 0 saturated heterocycles. The molecule has 4 nitrogen and oxygen atoms in total. The topological polar surface area (TPSA) is 46.2 Å². The first-order chi connectivity index (χ1) is 11.1. The van der Waals surface area contributed by atoms with E-state index in [1.54, 1.807) is 13.3 Å². The summed E-state index contributed by atoms with van der Waals surface area (Å²) in [4.78, 5) is 4.27. The first kappa shape index (κ1) is 17.2. The minimum absolute atomic E-state index is 0.158. The fourth-order valence-corrected chi connectivity index (χ4v) is 2.63. The summed E-state index contributed by atoms with van der Waals surface area (Å²) in [7, 11) is 1.62. The highest BCUT2D eigenvalue weighted by Crippen LogP contribution is 2.23. The molecule has 2 N–H and O–H groups in total. The van der Waals surface area contributed by atoms with Gasteiger partial charge in [-0.25, -0.2) is 4.98 Å². The molecule has 2 aromatic rings. The van der Waals surface area contributed by atoms with Gasteiger partial charge in [-0.05, 0) is 42.3 Å². The molecule has 0 saturated carbocycles. The summed E-state index contributed by atoms with van der Waals surface area (Å²) in [6, 6.07) is 14.2. The van der Waals surface area contributed by atoms with Gasteiger partial charge < -0.3 is 15.4 Å². The van der Waals surface area contributed by atoms with Crippen LogP contribution in [-0.2, 0) is 0 Å². The summed E-state index contributed by atoms with van der Waals surface area (Å²) >= 11 is 5.45. The molecule has 23 heavy (non-hydrogen) atoms. The normalized spacial score (nSPS) is 11.8. The van der Waals surface area contributed by atoms with E-state index in [0.29, 0.717) is 22.6 Å². The van der Waals surface area contributed by atoms with Crippen LogP contribution < -0.4 is 15.4 Å². The van der Waals surface area contributed by atoms with Crippen LogP contribution in [0.2, 0.25) is 0 Å². The van der Waals surface area contributed by atoms with E-state index in [1.165, 1.54) is 5.56 Å². The van der Waals surface area contributed by atoms with Crippen molar-refractivity contribution in [3.63, 3.8) is 0 Å². The van der Waals surface area contributed by atoms with Crippen LogP contribution in [0.3, 0.4) is 0 Å². The number of aromatic nitrogens is 1. The van der Waals surface area contributed by atoms with Gasteiger partial charge in [0, 0.05) is 6.20 Å². The van der Waals surface area contributed by atoms with Crippen LogP contribution >= 0.6 is 12.2 Å². The summed E-state index contributed by atoms with van der Waals surface area (Å²) in [6.07, 6.45) is 2.70. The van der Waals surface area contributed by atoms with E-state index < -0.39 is 0 Å². The first-order valence-electron chi connectivity index (χ1n) is 7.71. The van der Waals surface area contributed by atoms with Crippen LogP contribution in [-0.4, -0.2) is 17.2 Å². The second-order valence-corrected chi connectivity index (χ2v) is 6.15. The van der Waals surface area contributed by atoms with Gasteiger partial charge in [-0.15, -0.1) is 0 Å². The molecule has 0 amide bonds. The van der Waals surface area contributed by atoms with Crippen molar-refractivity contribution in [2.75, 3.05) is 12.4 Å². The molecular weight excluding hydrogens is 306 g/mol. The van der Waals surface area contributed by atoms with E-state index in [1.807, 2.05) is 30.3 Å². The maximum absolute atomic E-state index is 5.45. The largest absolute Gasteiger partial charge is 0.493 e. The average Bonchev–Trinajstić information content (AvgIpc) is 2.55. The van der Waals surface area contributed by atoms with Crippen LogP contribution in [0.1, 0.15) is 31.9 Å². The molecule has 0 aliphatic rings. The van der Waals surface area contributed by atoms with Crippen LogP contribution in [0.4, 0.5) is 5.82 Å². The Hall–Kier alpha value is -2.14. The van der Waals surface area contributed by atoms with Crippen molar-refractivity contribution in [2.45, 2.75) is 26.3 Å². The molecule has 0 fully saturated rings. The average molecular weight is 329 g/mol. The number of thiocarbonyl (C=S) groups is 1. The lowest BCUT2D eigenvalue weighted by molar-refractivity contribution is 0.415. The first-order valence-corrected chi connectivity index (χ1v) is 8.12. The summed E-state index contributed by atoms with van der Waals surface area (Å²) in [5, 5.41) is 7.05. The Labute approximate surface area is 143 Å². The molecule has 0 bridgehead atoms. The molecule has 122 valence electrons. The van der Waals surface area contributed by atoms with Gasteiger partial charge in [0.2, 0.25) is 0 Å². The van der Waals surface area contributed by atoms with Crippen molar-refractivity contribution >= 4 is 23.1 Å². The van der Waals surface area contributed by atoms with Crippen molar-refractivity contribution in [3.05, 3.63) is 54.2 Å². The molecule has 0 spiro atoms. The second kappa shape index (κ2) is 8.48. The number of hydrogen-bond acceptors (Lipinski definition) is 3. The number of methoxy groups -OCH3 is 1. The lowest BCUT2D eigenvalue weighted by Crippen LogP contribution is -2.33. The van der Waals surface area contributed by atoms with Crippen LogP contribution in [0.5, 0.6) is 5.75 Å².